The maximum atomic E-state index is 11.4. The molecule has 3 atom stereocenters. The van der Waals surface area contributed by atoms with E-state index in [9.17, 15) is 19.8 Å². The molecular weight excluding hydrogens is 326 g/mol. The molecule has 8 heteroatoms. The van der Waals surface area contributed by atoms with Gasteiger partial charge in [-0.15, -0.1) is 0 Å². The quantitative estimate of drug-likeness (QED) is 0.479. The number of phenols is 1. The van der Waals surface area contributed by atoms with E-state index < -0.39 is 24.0 Å². The summed E-state index contributed by atoms with van der Waals surface area (Å²) in [5, 5.41) is 35.3. The first-order chi connectivity index (χ1) is 11.8. The average molecular weight is 347 g/mol. The molecule has 0 saturated heterocycles. The van der Waals surface area contributed by atoms with Crippen molar-refractivity contribution in [1.82, 2.24) is 15.6 Å². The number of aromatic hydroxyl groups is 1. The highest BCUT2D eigenvalue weighted by molar-refractivity contribution is 5.91. The summed E-state index contributed by atoms with van der Waals surface area (Å²) < 4.78 is 0. The molecule has 1 aromatic carbocycles. The van der Waals surface area contributed by atoms with Crippen LogP contribution in [-0.4, -0.2) is 44.8 Å². The number of aromatic nitrogens is 1. The first-order valence-electron chi connectivity index (χ1n) is 8.10. The lowest BCUT2D eigenvalue weighted by Crippen LogP contribution is -2.43. The maximum absolute atomic E-state index is 11.4. The summed E-state index contributed by atoms with van der Waals surface area (Å²) in [6.07, 6.45) is 0.289. The van der Waals surface area contributed by atoms with Gasteiger partial charge >= 0.3 is 11.9 Å². The highest BCUT2D eigenvalue weighted by Crippen LogP contribution is 2.39. The number of rotatable bonds is 5. The van der Waals surface area contributed by atoms with E-state index in [4.69, 9.17) is 5.11 Å². The van der Waals surface area contributed by atoms with Gasteiger partial charge in [0.2, 0.25) is 0 Å². The topological polar surface area (TPSA) is 135 Å². The molecule has 0 radical (unpaired) electrons. The van der Waals surface area contributed by atoms with Gasteiger partial charge in [0, 0.05) is 40.7 Å². The number of carboxylic acid groups (broad SMARTS) is 2. The van der Waals surface area contributed by atoms with Crippen molar-refractivity contribution in [3.63, 3.8) is 0 Å². The van der Waals surface area contributed by atoms with Gasteiger partial charge in [0.1, 0.15) is 11.8 Å². The van der Waals surface area contributed by atoms with Crippen LogP contribution < -0.4 is 10.6 Å². The van der Waals surface area contributed by atoms with Crippen molar-refractivity contribution in [1.29, 1.82) is 0 Å². The fraction of sp³-hybridized carbons (Fsp3) is 0.412. The summed E-state index contributed by atoms with van der Waals surface area (Å²) in [6, 6.07) is 2.02. The lowest BCUT2D eigenvalue weighted by molar-refractivity contribution is -0.140. The molecule has 3 rings (SSSR count). The Labute approximate surface area is 143 Å². The highest BCUT2D eigenvalue weighted by atomic mass is 16.4. The van der Waals surface area contributed by atoms with Gasteiger partial charge in [0.05, 0.1) is 6.54 Å². The summed E-state index contributed by atoms with van der Waals surface area (Å²) in [6.45, 7) is 3.42. The summed E-state index contributed by atoms with van der Waals surface area (Å²) >= 11 is 0. The molecule has 0 fully saturated rings. The SMILES string of the molecule is CC1NC(C(=O)O)Cc2c1[nH]c1ccc(O)c(C(C)NCC(=O)O)c21. The second-order valence-corrected chi connectivity index (χ2v) is 6.42. The number of hydrogen-bond acceptors (Lipinski definition) is 5. The van der Waals surface area contributed by atoms with E-state index in [0.29, 0.717) is 5.56 Å². The normalized spacial score (nSPS) is 21.0. The third-order valence-electron chi connectivity index (χ3n) is 4.70. The zero-order valence-electron chi connectivity index (χ0n) is 14.0. The fourth-order valence-corrected chi connectivity index (χ4v) is 3.56. The van der Waals surface area contributed by atoms with Crippen LogP contribution in [0.1, 0.15) is 42.8 Å². The second kappa shape index (κ2) is 6.38. The lowest BCUT2D eigenvalue weighted by Gasteiger charge is -2.27. The Balaban J connectivity index is 2.13. The third-order valence-corrected chi connectivity index (χ3v) is 4.70. The first kappa shape index (κ1) is 17.2. The molecule has 0 aliphatic carbocycles. The standard InChI is InChI=1S/C17H21N3O5/c1-7(18-6-13(22)23)14-12(21)4-3-10-15(14)9-5-11(17(24)25)19-8(2)16(9)20-10/h3-4,7-8,11,18-21H,5-6H2,1-2H3,(H,22,23)(H,24,25). The van der Waals surface area contributed by atoms with Gasteiger partial charge in [0.25, 0.3) is 0 Å². The summed E-state index contributed by atoms with van der Waals surface area (Å²) in [4.78, 5) is 25.6. The van der Waals surface area contributed by atoms with Crippen LogP contribution in [0.3, 0.4) is 0 Å². The van der Waals surface area contributed by atoms with Gasteiger partial charge in [-0.1, -0.05) is 0 Å². The molecule has 8 nitrogen and oxygen atoms in total. The number of H-pyrrole nitrogens is 1. The molecule has 6 N–H and O–H groups in total. The number of aliphatic carboxylic acids is 2. The van der Waals surface area contributed by atoms with Crippen molar-refractivity contribution in [3.8, 4) is 5.75 Å². The minimum absolute atomic E-state index is 0.0535. The summed E-state index contributed by atoms with van der Waals surface area (Å²) in [5.74, 6) is -1.86. The molecule has 1 aromatic heterocycles. The average Bonchev–Trinajstić information content (AvgIpc) is 2.92. The van der Waals surface area contributed by atoms with Crippen LogP contribution in [0.25, 0.3) is 10.9 Å². The predicted octanol–water partition coefficient (Wildman–Crippen LogP) is 1.27. The van der Waals surface area contributed by atoms with Crippen LogP contribution in [0, 0.1) is 0 Å². The van der Waals surface area contributed by atoms with Crippen molar-refractivity contribution >= 4 is 22.8 Å². The molecule has 0 saturated carbocycles. The largest absolute Gasteiger partial charge is 0.508 e. The first-order valence-corrected chi connectivity index (χ1v) is 8.10. The van der Waals surface area contributed by atoms with Crippen LogP contribution >= 0.6 is 0 Å². The zero-order chi connectivity index (χ0) is 18.3. The van der Waals surface area contributed by atoms with Crippen LogP contribution in [0.2, 0.25) is 0 Å². The van der Waals surface area contributed by atoms with Crippen molar-refractivity contribution in [2.45, 2.75) is 38.4 Å². The minimum Gasteiger partial charge on any atom is -0.508 e. The second-order valence-electron chi connectivity index (χ2n) is 6.42. The number of carboxylic acids is 2. The summed E-state index contributed by atoms with van der Waals surface area (Å²) in [5.41, 5.74) is 3.12. The molecule has 0 bridgehead atoms. The highest BCUT2D eigenvalue weighted by Gasteiger charge is 2.32. The van der Waals surface area contributed by atoms with Crippen molar-refractivity contribution in [2.24, 2.45) is 0 Å². The van der Waals surface area contributed by atoms with E-state index in [1.807, 2.05) is 6.92 Å². The molecule has 2 heterocycles. The van der Waals surface area contributed by atoms with E-state index in [1.54, 1.807) is 19.1 Å². The predicted molar refractivity (Wildman–Crippen MR) is 90.7 cm³/mol. The van der Waals surface area contributed by atoms with Crippen LogP contribution in [0.5, 0.6) is 5.75 Å². The van der Waals surface area contributed by atoms with Crippen molar-refractivity contribution in [3.05, 3.63) is 29.0 Å². The van der Waals surface area contributed by atoms with Crippen molar-refractivity contribution < 1.29 is 24.9 Å². The molecule has 25 heavy (non-hydrogen) atoms. The molecule has 1 aliphatic heterocycles. The zero-order valence-corrected chi connectivity index (χ0v) is 14.0. The molecule has 1 aliphatic rings. The number of fused-ring (bicyclic) bond motifs is 3. The Morgan fingerprint density at radius 2 is 2.08 bits per heavy atom. The Kier molecular flexibility index (Phi) is 4.40. The molecule has 3 unspecified atom stereocenters. The van der Waals surface area contributed by atoms with Crippen LogP contribution in [-0.2, 0) is 16.0 Å². The molecule has 134 valence electrons. The summed E-state index contributed by atoms with van der Waals surface area (Å²) in [7, 11) is 0. The Morgan fingerprint density at radius 3 is 2.72 bits per heavy atom. The number of carbonyl (C=O) groups is 2. The molecule has 0 amide bonds. The molecule has 0 spiro atoms. The van der Waals surface area contributed by atoms with E-state index in [1.165, 1.54) is 0 Å². The number of phenolic OH excluding ortho intramolecular Hbond substituents is 1. The van der Waals surface area contributed by atoms with Gasteiger partial charge < -0.3 is 25.6 Å². The van der Waals surface area contributed by atoms with E-state index in [0.717, 1.165) is 22.2 Å². The van der Waals surface area contributed by atoms with Crippen molar-refractivity contribution in [2.75, 3.05) is 6.54 Å². The van der Waals surface area contributed by atoms with Crippen LogP contribution in [0.4, 0.5) is 0 Å². The lowest BCUT2D eigenvalue weighted by atomic mass is 9.91. The minimum atomic E-state index is -0.988. The van der Waals surface area contributed by atoms with Gasteiger partial charge in [-0.05, 0) is 31.5 Å². The van der Waals surface area contributed by atoms with Gasteiger partial charge in [0.15, 0.2) is 0 Å². The monoisotopic (exact) mass is 347 g/mol. The van der Waals surface area contributed by atoms with E-state index in [-0.39, 0.29) is 24.8 Å². The number of aromatic amines is 1. The Morgan fingerprint density at radius 1 is 1.36 bits per heavy atom. The smallest absolute Gasteiger partial charge is 0.321 e. The number of benzene rings is 1. The Hall–Kier alpha value is -2.58. The van der Waals surface area contributed by atoms with Gasteiger partial charge in [-0.2, -0.15) is 0 Å². The Bertz CT molecular complexity index is 844. The van der Waals surface area contributed by atoms with E-state index in [2.05, 4.69) is 15.6 Å². The molecular formula is C17H21N3O5. The van der Waals surface area contributed by atoms with Crippen LogP contribution in [0.15, 0.2) is 12.1 Å². The molecule has 2 aromatic rings. The van der Waals surface area contributed by atoms with Gasteiger partial charge in [-0.25, -0.2) is 0 Å². The third kappa shape index (κ3) is 3.06. The van der Waals surface area contributed by atoms with Gasteiger partial charge in [-0.3, -0.25) is 14.9 Å². The maximum Gasteiger partial charge on any atom is 0.321 e. The van der Waals surface area contributed by atoms with E-state index >= 15 is 0 Å². The number of hydrogen-bond donors (Lipinski definition) is 6. The fourth-order valence-electron chi connectivity index (χ4n) is 3.56. The number of nitrogens with one attached hydrogen (secondary N) is 3.